The lowest BCUT2D eigenvalue weighted by atomic mass is 9.88. The van der Waals surface area contributed by atoms with Crippen molar-refractivity contribution in [2.45, 2.75) is 18.9 Å². The Morgan fingerprint density at radius 3 is 3.13 bits per heavy atom. The van der Waals surface area contributed by atoms with Gasteiger partial charge >= 0.3 is 0 Å². The third-order valence-electron chi connectivity index (χ3n) is 3.31. The van der Waals surface area contributed by atoms with Gasteiger partial charge in [-0.3, -0.25) is 4.90 Å². The van der Waals surface area contributed by atoms with Gasteiger partial charge in [0.1, 0.15) is 0 Å². The molecule has 3 heteroatoms. The molecule has 84 valence electrons. The van der Waals surface area contributed by atoms with Gasteiger partial charge in [0.05, 0.1) is 0 Å². The molecule has 0 bridgehead atoms. The second kappa shape index (κ2) is 5.10. The minimum Gasteiger partial charge on any atom is -0.319 e. The average molecular weight is 224 g/mol. The molecule has 1 N–H and O–H groups in total. The van der Waals surface area contributed by atoms with Gasteiger partial charge in [0.25, 0.3) is 0 Å². The highest BCUT2D eigenvalue weighted by Crippen LogP contribution is 2.36. The van der Waals surface area contributed by atoms with Crippen LogP contribution in [-0.2, 0) is 0 Å². The van der Waals surface area contributed by atoms with Crippen LogP contribution in [0.15, 0.2) is 17.5 Å². The van der Waals surface area contributed by atoms with Crippen LogP contribution in [0.3, 0.4) is 0 Å². The summed E-state index contributed by atoms with van der Waals surface area (Å²) in [6.45, 7) is 2.37. The van der Waals surface area contributed by atoms with Crippen molar-refractivity contribution in [2.24, 2.45) is 5.92 Å². The fourth-order valence-corrected chi connectivity index (χ4v) is 3.63. The van der Waals surface area contributed by atoms with Gasteiger partial charge in [0.15, 0.2) is 0 Å². The molecule has 2 unspecified atom stereocenters. The third-order valence-corrected chi connectivity index (χ3v) is 4.25. The number of hydrogen-bond donors (Lipinski definition) is 1. The number of nitrogens with one attached hydrogen (secondary N) is 1. The fraction of sp³-hybridized carbons (Fsp3) is 0.667. The Morgan fingerprint density at radius 1 is 1.60 bits per heavy atom. The Balaban J connectivity index is 2.15. The Labute approximate surface area is 96.3 Å². The first kappa shape index (κ1) is 11.1. The predicted molar refractivity (Wildman–Crippen MR) is 66.3 cm³/mol. The topological polar surface area (TPSA) is 15.3 Å². The molecule has 0 amide bonds. The largest absolute Gasteiger partial charge is 0.319 e. The van der Waals surface area contributed by atoms with Gasteiger partial charge in [-0.15, -0.1) is 11.3 Å². The summed E-state index contributed by atoms with van der Waals surface area (Å²) in [6.07, 6.45) is 2.69. The van der Waals surface area contributed by atoms with E-state index in [1.54, 1.807) is 0 Å². The molecule has 0 spiro atoms. The SMILES string of the molecule is CNCC1CCCN(C)C1c1cccs1. The summed E-state index contributed by atoms with van der Waals surface area (Å²) in [7, 11) is 4.31. The standard InChI is InChI=1S/C12H20N2S/c1-13-9-10-5-3-7-14(2)12(10)11-6-4-8-15-11/h4,6,8,10,12-13H,3,5,7,9H2,1-2H3. The molecule has 1 fully saturated rings. The van der Waals surface area contributed by atoms with Crippen molar-refractivity contribution in [3.05, 3.63) is 22.4 Å². The van der Waals surface area contributed by atoms with Crippen LogP contribution in [0.4, 0.5) is 0 Å². The van der Waals surface area contributed by atoms with Crippen molar-refractivity contribution in [3.63, 3.8) is 0 Å². The predicted octanol–water partition coefficient (Wildman–Crippen LogP) is 2.35. The van der Waals surface area contributed by atoms with Gasteiger partial charge in [-0.1, -0.05) is 6.07 Å². The molecule has 0 radical (unpaired) electrons. The first-order chi connectivity index (χ1) is 7.33. The molecule has 2 nitrogen and oxygen atoms in total. The van der Waals surface area contributed by atoms with Gasteiger partial charge in [-0.25, -0.2) is 0 Å². The Bertz CT molecular complexity index is 282. The second-order valence-electron chi connectivity index (χ2n) is 4.40. The molecule has 2 rings (SSSR count). The van der Waals surface area contributed by atoms with Crippen LogP contribution in [0.25, 0.3) is 0 Å². The molecule has 1 aromatic rings. The van der Waals surface area contributed by atoms with Crippen LogP contribution in [0.2, 0.25) is 0 Å². The van der Waals surface area contributed by atoms with E-state index >= 15 is 0 Å². The van der Waals surface area contributed by atoms with Gasteiger partial charge in [-0.05, 0) is 57.4 Å². The first-order valence-corrected chi connectivity index (χ1v) is 6.59. The van der Waals surface area contributed by atoms with E-state index in [0.717, 1.165) is 12.5 Å². The summed E-state index contributed by atoms with van der Waals surface area (Å²) in [5, 5.41) is 5.52. The molecule has 2 heterocycles. The molecule has 1 saturated heterocycles. The van der Waals surface area contributed by atoms with E-state index < -0.39 is 0 Å². The maximum atomic E-state index is 3.33. The number of thiophene rings is 1. The number of nitrogens with zero attached hydrogens (tertiary/aromatic N) is 1. The highest BCUT2D eigenvalue weighted by atomic mass is 32.1. The molecule has 1 aliphatic rings. The normalized spacial score (nSPS) is 28.1. The summed E-state index contributed by atoms with van der Waals surface area (Å²) in [5.41, 5.74) is 0. The first-order valence-electron chi connectivity index (χ1n) is 5.71. The number of rotatable bonds is 3. The smallest absolute Gasteiger partial charge is 0.0478 e. The van der Waals surface area contributed by atoms with Crippen molar-refractivity contribution < 1.29 is 0 Å². The van der Waals surface area contributed by atoms with Crippen molar-refractivity contribution in [1.29, 1.82) is 0 Å². The van der Waals surface area contributed by atoms with Crippen molar-refractivity contribution in [1.82, 2.24) is 10.2 Å². The molecule has 0 aromatic carbocycles. The second-order valence-corrected chi connectivity index (χ2v) is 5.38. The molecule has 15 heavy (non-hydrogen) atoms. The van der Waals surface area contributed by atoms with Crippen LogP contribution < -0.4 is 5.32 Å². The zero-order chi connectivity index (χ0) is 10.7. The average Bonchev–Trinajstić information content (AvgIpc) is 2.71. The van der Waals surface area contributed by atoms with Gasteiger partial charge < -0.3 is 5.32 Å². The summed E-state index contributed by atoms with van der Waals surface area (Å²) in [4.78, 5) is 4.04. The molecule has 1 aromatic heterocycles. The van der Waals surface area contributed by atoms with E-state index in [2.05, 4.69) is 41.8 Å². The zero-order valence-corrected chi connectivity index (χ0v) is 10.4. The van der Waals surface area contributed by atoms with Crippen molar-refractivity contribution in [2.75, 3.05) is 27.2 Å². The third kappa shape index (κ3) is 2.41. The molecular weight excluding hydrogens is 204 g/mol. The zero-order valence-electron chi connectivity index (χ0n) is 9.57. The molecule has 2 atom stereocenters. The Kier molecular flexibility index (Phi) is 3.78. The van der Waals surface area contributed by atoms with Gasteiger partial charge in [0, 0.05) is 10.9 Å². The highest BCUT2D eigenvalue weighted by Gasteiger charge is 2.30. The van der Waals surface area contributed by atoms with Crippen LogP contribution in [0, 0.1) is 5.92 Å². The van der Waals surface area contributed by atoms with Crippen LogP contribution in [0.5, 0.6) is 0 Å². The number of hydrogen-bond acceptors (Lipinski definition) is 3. The molecule has 1 aliphatic heterocycles. The van der Waals surface area contributed by atoms with E-state index in [4.69, 9.17) is 0 Å². The van der Waals surface area contributed by atoms with E-state index in [-0.39, 0.29) is 0 Å². The Morgan fingerprint density at radius 2 is 2.47 bits per heavy atom. The maximum Gasteiger partial charge on any atom is 0.0478 e. The lowest BCUT2D eigenvalue weighted by Crippen LogP contribution is -2.39. The van der Waals surface area contributed by atoms with E-state index in [1.165, 1.54) is 24.3 Å². The lowest BCUT2D eigenvalue weighted by molar-refractivity contribution is 0.123. The van der Waals surface area contributed by atoms with Crippen molar-refractivity contribution >= 4 is 11.3 Å². The van der Waals surface area contributed by atoms with Gasteiger partial charge in [-0.2, -0.15) is 0 Å². The number of piperidine rings is 1. The monoisotopic (exact) mass is 224 g/mol. The van der Waals surface area contributed by atoms with Crippen LogP contribution in [0.1, 0.15) is 23.8 Å². The Hall–Kier alpha value is -0.380. The minimum atomic E-state index is 0.631. The lowest BCUT2D eigenvalue weighted by Gasteiger charge is -2.38. The maximum absolute atomic E-state index is 3.33. The quantitative estimate of drug-likeness (QED) is 0.848. The van der Waals surface area contributed by atoms with Crippen LogP contribution in [-0.4, -0.2) is 32.1 Å². The van der Waals surface area contributed by atoms with E-state index in [0.29, 0.717) is 6.04 Å². The summed E-state index contributed by atoms with van der Waals surface area (Å²) < 4.78 is 0. The van der Waals surface area contributed by atoms with Crippen LogP contribution >= 0.6 is 11.3 Å². The van der Waals surface area contributed by atoms with E-state index in [1.807, 2.05) is 11.3 Å². The summed E-state index contributed by atoms with van der Waals surface area (Å²) >= 11 is 1.89. The van der Waals surface area contributed by atoms with Gasteiger partial charge in [0.2, 0.25) is 0 Å². The van der Waals surface area contributed by atoms with E-state index in [9.17, 15) is 0 Å². The highest BCUT2D eigenvalue weighted by molar-refractivity contribution is 7.10. The minimum absolute atomic E-state index is 0.631. The summed E-state index contributed by atoms with van der Waals surface area (Å²) in [6, 6.07) is 5.07. The summed E-state index contributed by atoms with van der Waals surface area (Å²) in [5.74, 6) is 0.771. The number of likely N-dealkylation sites (tertiary alicyclic amines) is 1. The molecular formula is C12H20N2S. The van der Waals surface area contributed by atoms with Crippen molar-refractivity contribution in [3.8, 4) is 0 Å². The molecule has 0 saturated carbocycles. The molecule has 0 aliphatic carbocycles. The fourth-order valence-electron chi connectivity index (χ4n) is 2.64.